The van der Waals surface area contributed by atoms with Gasteiger partial charge in [-0.05, 0) is 42.7 Å². The average molecular weight is 257 g/mol. The molecular weight excluding hydrogens is 234 g/mol. The van der Waals surface area contributed by atoms with E-state index in [-0.39, 0.29) is 0 Å². The zero-order valence-electron chi connectivity index (χ0n) is 11.4. The summed E-state index contributed by atoms with van der Waals surface area (Å²) in [6, 6.07) is 8.74. The fraction of sp³-hybridized carbons (Fsp3) is 0.562. The van der Waals surface area contributed by atoms with Crippen LogP contribution in [0.15, 0.2) is 29.3 Å². The predicted molar refractivity (Wildman–Crippen MR) is 79.3 cm³/mol. The lowest BCUT2D eigenvalue weighted by molar-refractivity contribution is 0.326. The van der Waals surface area contributed by atoms with Crippen LogP contribution in [-0.4, -0.2) is 19.0 Å². The van der Waals surface area contributed by atoms with Crippen molar-refractivity contribution in [3.05, 3.63) is 35.4 Å². The largest absolute Gasteiger partial charge is 0.370 e. The molecule has 0 aromatic heterocycles. The standard InChI is InChI=1S/C16H23N3/c17-16(18-10-12-4-3-5-12)19-11-14-9-8-13-6-1-2-7-15(13)14/h1-2,6-7,12,14H,3-5,8-11H2,(H3,17,18,19). The van der Waals surface area contributed by atoms with Gasteiger partial charge < -0.3 is 11.1 Å². The van der Waals surface area contributed by atoms with Crippen molar-refractivity contribution in [1.82, 2.24) is 5.32 Å². The first-order valence-electron chi connectivity index (χ1n) is 7.44. The summed E-state index contributed by atoms with van der Waals surface area (Å²) >= 11 is 0. The van der Waals surface area contributed by atoms with Crippen LogP contribution >= 0.6 is 0 Å². The summed E-state index contributed by atoms with van der Waals surface area (Å²) in [6.07, 6.45) is 6.44. The topological polar surface area (TPSA) is 50.4 Å². The van der Waals surface area contributed by atoms with Crippen LogP contribution in [0.2, 0.25) is 0 Å². The van der Waals surface area contributed by atoms with Gasteiger partial charge in [0.05, 0.1) is 0 Å². The maximum atomic E-state index is 5.94. The van der Waals surface area contributed by atoms with Crippen LogP contribution in [0.1, 0.15) is 42.7 Å². The number of aryl methyl sites for hydroxylation is 1. The third kappa shape index (κ3) is 2.91. The molecule has 3 nitrogen and oxygen atoms in total. The van der Waals surface area contributed by atoms with Crippen molar-refractivity contribution in [2.24, 2.45) is 16.6 Å². The normalized spacial score (nSPS) is 22.9. The number of guanidine groups is 1. The first-order valence-corrected chi connectivity index (χ1v) is 7.44. The monoisotopic (exact) mass is 257 g/mol. The Bertz CT molecular complexity index is 463. The van der Waals surface area contributed by atoms with Crippen molar-refractivity contribution in [3.63, 3.8) is 0 Å². The van der Waals surface area contributed by atoms with Gasteiger partial charge in [0.15, 0.2) is 5.96 Å². The van der Waals surface area contributed by atoms with Crippen LogP contribution in [0.25, 0.3) is 0 Å². The van der Waals surface area contributed by atoms with Gasteiger partial charge in [-0.15, -0.1) is 0 Å². The molecule has 0 spiro atoms. The molecule has 3 rings (SSSR count). The van der Waals surface area contributed by atoms with Gasteiger partial charge in [0, 0.05) is 19.0 Å². The molecule has 102 valence electrons. The number of nitrogens with one attached hydrogen (secondary N) is 1. The molecule has 1 aromatic rings. The van der Waals surface area contributed by atoms with E-state index in [0.717, 1.165) is 19.0 Å². The lowest BCUT2D eigenvalue weighted by atomic mass is 9.86. The van der Waals surface area contributed by atoms with Crippen molar-refractivity contribution in [1.29, 1.82) is 0 Å². The number of benzene rings is 1. The Balaban J connectivity index is 1.50. The van der Waals surface area contributed by atoms with Crippen LogP contribution in [0.5, 0.6) is 0 Å². The van der Waals surface area contributed by atoms with Crippen molar-refractivity contribution in [2.75, 3.05) is 13.1 Å². The summed E-state index contributed by atoms with van der Waals surface area (Å²) in [5.74, 6) is 2.00. The summed E-state index contributed by atoms with van der Waals surface area (Å²) in [5.41, 5.74) is 8.92. The minimum Gasteiger partial charge on any atom is -0.370 e. The van der Waals surface area contributed by atoms with Crippen molar-refractivity contribution in [2.45, 2.75) is 38.0 Å². The third-order valence-corrected chi connectivity index (χ3v) is 4.53. The molecule has 1 aromatic carbocycles. The lowest BCUT2D eigenvalue weighted by Crippen LogP contribution is -2.35. The second kappa shape index (κ2) is 5.64. The van der Waals surface area contributed by atoms with Crippen LogP contribution in [0.4, 0.5) is 0 Å². The Morgan fingerprint density at radius 3 is 2.89 bits per heavy atom. The highest BCUT2D eigenvalue weighted by Crippen LogP contribution is 2.32. The molecule has 1 saturated carbocycles. The second-order valence-electron chi connectivity index (χ2n) is 5.84. The number of nitrogens with two attached hydrogens (primary N) is 1. The van der Waals surface area contributed by atoms with Crippen LogP contribution in [0, 0.1) is 5.92 Å². The van der Waals surface area contributed by atoms with E-state index in [1.807, 2.05) is 0 Å². The predicted octanol–water partition coefficient (Wildman–Crippen LogP) is 2.42. The molecule has 1 fully saturated rings. The van der Waals surface area contributed by atoms with Crippen molar-refractivity contribution in [3.8, 4) is 0 Å². The van der Waals surface area contributed by atoms with Gasteiger partial charge in [-0.2, -0.15) is 0 Å². The number of hydrogen-bond donors (Lipinski definition) is 2. The van der Waals surface area contributed by atoms with Crippen LogP contribution in [0.3, 0.4) is 0 Å². The Kier molecular flexibility index (Phi) is 3.72. The van der Waals surface area contributed by atoms with E-state index in [0.29, 0.717) is 11.9 Å². The Hall–Kier alpha value is -1.51. The zero-order chi connectivity index (χ0) is 13.1. The number of aliphatic imine (C=N–C) groups is 1. The van der Waals surface area contributed by atoms with Gasteiger partial charge in [0.1, 0.15) is 0 Å². The van der Waals surface area contributed by atoms with E-state index in [4.69, 9.17) is 5.73 Å². The molecule has 0 aliphatic heterocycles. The lowest BCUT2D eigenvalue weighted by Gasteiger charge is -2.23. The molecule has 0 bridgehead atoms. The Morgan fingerprint density at radius 2 is 2.11 bits per heavy atom. The molecule has 0 saturated heterocycles. The van der Waals surface area contributed by atoms with E-state index in [2.05, 4.69) is 34.6 Å². The molecular formula is C16H23N3. The van der Waals surface area contributed by atoms with Gasteiger partial charge in [-0.25, -0.2) is 0 Å². The van der Waals surface area contributed by atoms with Gasteiger partial charge in [-0.1, -0.05) is 30.7 Å². The second-order valence-corrected chi connectivity index (χ2v) is 5.84. The van der Waals surface area contributed by atoms with E-state index in [9.17, 15) is 0 Å². The first kappa shape index (κ1) is 12.5. The molecule has 3 N–H and O–H groups in total. The molecule has 3 heteroatoms. The van der Waals surface area contributed by atoms with E-state index >= 15 is 0 Å². The smallest absolute Gasteiger partial charge is 0.188 e. The summed E-state index contributed by atoms with van der Waals surface area (Å²) in [4.78, 5) is 4.45. The maximum absolute atomic E-state index is 5.94. The van der Waals surface area contributed by atoms with Gasteiger partial charge in [0.2, 0.25) is 0 Å². The van der Waals surface area contributed by atoms with Crippen molar-refractivity contribution >= 4 is 5.96 Å². The summed E-state index contributed by atoms with van der Waals surface area (Å²) in [7, 11) is 0. The Labute approximate surface area is 115 Å². The molecule has 2 aliphatic carbocycles. The molecule has 0 heterocycles. The fourth-order valence-corrected chi connectivity index (χ4v) is 3.04. The molecule has 2 aliphatic rings. The third-order valence-electron chi connectivity index (χ3n) is 4.53. The zero-order valence-corrected chi connectivity index (χ0v) is 11.4. The number of fused-ring (bicyclic) bond motifs is 1. The minimum atomic E-state index is 0.591. The van der Waals surface area contributed by atoms with Gasteiger partial charge in [-0.3, -0.25) is 4.99 Å². The molecule has 0 amide bonds. The summed E-state index contributed by atoms with van der Waals surface area (Å²) in [6.45, 7) is 1.82. The van der Waals surface area contributed by atoms with Gasteiger partial charge in [0.25, 0.3) is 0 Å². The maximum Gasteiger partial charge on any atom is 0.188 e. The van der Waals surface area contributed by atoms with Gasteiger partial charge >= 0.3 is 0 Å². The molecule has 0 radical (unpaired) electrons. The highest BCUT2D eigenvalue weighted by atomic mass is 15.1. The SMILES string of the molecule is NC(=NCC1CCC1)NCC1CCc2ccccc21. The number of nitrogens with zero attached hydrogens (tertiary/aromatic N) is 1. The molecule has 1 unspecified atom stereocenters. The van der Waals surface area contributed by atoms with E-state index in [1.165, 1.54) is 43.2 Å². The summed E-state index contributed by atoms with van der Waals surface area (Å²) < 4.78 is 0. The quantitative estimate of drug-likeness (QED) is 0.643. The van der Waals surface area contributed by atoms with Crippen LogP contribution in [-0.2, 0) is 6.42 Å². The highest BCUT2D eigenvalue weighted by Gasteiger charge is 2.21. The van der Waals surface area contributed by atoms with E-state index in [1.54, 1.807) is 0 Å². The van der Waals surface area contributed by atoms with Crippen molar-refractivity contribution < 1.29 is 0 Å². The number of hydrogen-bond acceptors (Lipinski definition) is 1. The molecule has 19 heavy (non-hydrogen) atoms. The van der Waals surface area contributed by atoms with E-state index < -0.39 is 0 Å². The van der Waals surface area contributed by atoms with Crippen LogP contribution < -0.4 is 11.1 Å². The fourth-order valence-electron chi connectivity index (χ4n) is 3.04. The minimum absolute atomic E-state index is 0.591. The first-order chi connectivity index (χ1) is 9.33. The highest BCUT2D eigenvalue weighted by molar-refractivity contribution is 5.77. The Morgan fingerprint density at radius 1 is 1.26 bits per heavy atom. The molecule has 1 atom stereocenters. The number of rotatable bonds is 4. The summed E-state index contributed by atoms with van der Waals surface area (Å²) in [5, 5.41) is 3.30. The average Bonchev–Trinajstić information content (AvgIpc) is 2.78.